The second-order valence-corrected chi connectivity index (χ2v) is 10.4. The van der Waals surface area contributed by atoms with Crippen LogP contribution in [0.15, 0.2) is 59.6 Å². The molecule has 0 unspecified atom stereocenters. The lowest BCUT2D eigenvalue weighted by Crippen LogP contribution is -2.49. The van der Waals surface area contributed by atoms with E-state index in [-0.39, 0.29) is 25.4 Å². The summed E-state index contributed by atoms with van der Waals surface area (Å²) in [4.78, 5) is 31.5. The summed E-state index contributed by atoms with van der Waals surface area (Å²) in [6.45, 7) is 6.78. The molecular formula is C30H40N2O7. The minimum atomic E-state index is -1.39. The molecule has 2 N–H and O–H groups in total. The number of carbonyl (C=O) groups is 2. The van der Waals surface area contributed by atoms with E-state index in [2.05, 4.69) is 5.32 Å². The third kappa shape index (κ3) is 8.53. The number of ether oxygens (including phenoxy) is 4. The zero-order chi connectivity index (χ0) is 28.3. The van der Waals surface area contributed by atoms with Gasteiger partial charge in [0.25, 0.3) is 5.91 Å². The molecule has 1 aliphatic rings. The fourth-order valence-corrected chi connectivity index (χ4v) is 4.25. The number of carbonyl (C=O) groups excluding carboxylic acids is 2. The lowest BCUT2D eigenvalue weighted by atomic mass is 9.83. The summed E-state index contributed by atoms with van der Waals surface area (Å²) in [5.41, 5.74) is -0.586. The number of benzene rings is 2. The van der Waals surface area contributed by atoms with Crippen LogP contribution in [0.4, 0.5) is 0 Å². The standard InChI is InChI=1S/C30H40N2O7/c1-29(2,3)39-25(34)16-17-30(28(35)31-18-8-20-36-4)26(22-10-6-5-7-11-22)38-27(32-30)23-12-14-24(15-13-23)37-21-9-19-33/h5-7,10-15,26,33H,8-9,16-21H2,1-4H3,(H,31,35)/t26-,30-/m0/s1. The molecule has 2 atom stereocenters. The van der Waals surface area contributed by atoms with Crippen molar-refractivity contribution < 1.29 is 33.6 Å². The summed E-state index contributed by atoms with van der Waals surface area (Å²) >= 11 is 0. The van der Waals surface area contributed by atoms with Gasteiger partial charge >= 0.3 is 5.97 Å². The van der Waals surface area contributed by atoms with Crippen LogP contribution in [0.3, 0.4) is 0 Å². The normalized spacial score (nSPS) is 18.7. The number of aliphatic imine (C=N–C) groups is 1. The Kier molecular flexibility index (Phi) is 10.9. The summed E-state index contributed by atoms with van der Waals surface area (Å²) in [6.07, 6.45) is 0.512. The van der Waals surface area contributed by atoms with Crippen LogP contribution in [-0.4, -0.2) is 67.5 Å². The Morgan fingerprint density at radius 2 is 1.77 bits per heavy atom. The Hall–Kier alpha value is -3.43. The number of aliphatic hydroxyl groups is 1. The molecule has 0 radical (unpaired) electrons. The van der Waals surface area contributed by atoms with E-state index >= 15 is 0 Å². The first-order chi connectivity index (χ1) is 18.7. The number of esters is 1. The largest absolute Gasteiger partial charge is 0.494 e. The summed E-state index contributed by atoms with van der Waals surface area (Å²) in [7, 11) is 1.61. The van der Waals surface area contributed by atoms with Crippen LogP contribution in [0, 0.1) is 0 Å². The predicted octanol–water partition coefficient (Wildman–Crippen LogP) is 3.98. The number of hydrogen-bond donors (Lipinski definition) is 2. The molecule has 39 heavy (non-hydrogen) atoms. The number of nitrogens with one attached hydrogen (secondary N) is 1. The first-order valence-corrected chi connectivity index (χ1v) is 13.3. The maximum Gasteiger partial charge on any atom is 0.306 e. The molecule has 0 fully saturated rings. The number of rotatable bonds is 14. The molecule has 1 heterocycles. The van der Waals surface area contributed by atoms with Crippen molar-refractivity contribution in [1.82, 2.24) is 5.32 Å². The number of hydrogen-bond acceptors (Lipinski definition) is 8. The zero-order valence-corrected chi connectivity index (χ0v) is 23.3. The van der Waals surface area contributed by atoms with E-state index in [0.29, 0.717) is 49.8 Å². The molecule has 2 aromatic rings. The van der Waals surface area contributed by atoms with Crippen LogP contribution in [0.2, 0.25) is 0 Å². The van der Waals surface area contributed by atoms with Crippen molar-refractivity contribution in [2.24, 2.45) is 4.99 Å². The first kappa shape index (κ1) is 30.1. The molecule has 212 valence electrons. The van der Waals surface area contributed by atoms with Gasteiger partial charge in [-0.25, -0.2) is 4.99 Å². The summed E-state index contributed by atoms with van der Waals surface area (Å²) in [5.74, 6) is 0.225. The van der Waals surface area contributed by atoms with Crippen LogP contribution >= 0.6 is 0 Å². The molecule has 0 spiro atoms. The van der Waals surface area contributed by atoms with E-state index in [1.54, 1.807) is 19.2 Å². The van der Waals surface area contributed by atoms with Crippen molar-refractivity contribution in [3.63, 3.8) is 0 Å². The van der Waals surface area contributed by atoms with Gasteiger partial charge in [-0.1, -0.05) is 30.3 Å². The second-order valence-electron chi connectivity index (χ2n) is 10.4. The van der Waals surface area contributed by atoms with Crippen molar-refractivity contribution >= 4 is 17.8 Å². The third-order valence-corrected chi connectivity index (χ3v) is 6.07. The Bertz CT molecular complexity index is 1100. The van der Waals surface area contributed by atoms with Gasteiger partial charge in [-0.3, -0.25) is 9.59 Å². The van der Waals surface area contributed by atoms with Crippen molar-refractivity contribution in [3.05, 3.63) is 65.7 Å². The molecule has 1 amide bonds. The van der Waals surface area contributed by atoms with E-state index in [4.69, 9.17) is 29.0 Å². The lowest BCUT2D eigenvalue weighted by Gasteiger charge is -2.31. The fraction of sp³-hybridized carbons (Fsp3) is 0.500. The van der Waals surface area contributed by atoms with Crippen LogP contribution in [-0.2, 0) is 23.8 Å². The van der Waals surface area contributed by atoms with E-state index in [0.717, 1.165) is 5.56 Å². The second kappa shape index (κ2) is 14.1. The molecule has 0 saturated heterocycles. The van der Waals surface area contributed by atoms with Gasteiger partial charge in [-0.05, 0) is 63.4 Å². The molecule has 0 aliphatic carbocycles. The molecular weight excluding hydrogens is 500 g/mol. The van der Waals surface area contributed by atoms with Gasteiger partial charge in [0.05, 0.1) is 6.61 Å². The molecule has 0 aromatic heterocycles. The molecule has 3 rings (SSSR count). The molecule has 0 bridgehead atoms. The van der Waals surface area contributed by atoms with Crippen molar-refractivity contribution in [2.45, 2.75) is 63.7 Å². The fourth-order valence-electron chi connectivity index (χ4n) is 4.25. The highest BCUT2D eigenvalue weighted by atomic mass is 16.6. The quantitative estimate of drug-likeness (QED) is 0.275. The highest BCUT2D eigenvalue weighted by Crippen LogP contribution is 2.43. The third-order valence-electron chi connectivity index (χ3n) is 6.07. The van der Waals surface area contributed by atoms with E-state index < -0.39 is 23.2 Å². The van der Waals surface area contributed by atoms with Crippen LogP contribution < -0.4 is 10.1 Å². The topological polar surface area (TPSA) is 116 Å². The molecule has 9 nitrogen and oxygen atoms in total. The highest BCUT2D eigenvalue weighted by molar-refractivity contribution is 6.01. The maximum atomic E-state index is 13.9. The Labute approximate surface area is 230 Å². The van der Waals surface area contributed by atoms with Gasteiger partial charge in [0.15, 0.2) is 11.6 Å². The average molecular weight is 541 g/mol. The van der Waals surface area contributed by atoms with Gasteiger partial charge in [0.1, 0.15) is 11.4 Å². The minimum absolute atomic E-state index is 0.0100. The van der Waals surface area contributed by atoms with Crippen LogP contribution in [0.5, 0.6) is 5.75 Å². The van der Waals surface area contributed by atoms with E-state index in [1.807, 2.05) is 63.2 Å². The number of nitrogens with zero attached hydrogens (tertiary/aromatic N) is 1. The lowest BCUT2D eigenvalue weighted by molar-refractivity contribution is -0.155. The van der Waals surface area contributed by atoms with E-state index in [9.17, 15) is 9.59 Å². The van der Waals surface area contributed by atoms with Gasteiger partial charge in [0.2, 0.25) is 5.90 Å². The predicted molar refractivity (Wildman–Crippen MR) is 148 cm³/mol. The molecule has 1 aliphatic heterocycles. The van der Waals surface area contributed by atoms with Crippen molar-refractivity contribution in [3.8, 4) is 5.75 Å². The minimum Gasteiger partial charge on any atom is -0.494 e. The zero-order valence-electron chi connectivity index (χ0n) is 23.3. The van der Waals surface area contributed by atoms with Crippen LogP contribution in [0.1, 0.15) is 63.7 Å². The highest BCUT2D eigenvalue weighted by Gasteiger charge is 2.53. The summed E-state index contributed by atoms with van der Waals surface area (Å²) in [5, 5.41) is 12.0. The summed E-state index contributed by atoms with van der Waals surface area (Å²) in [6, 6.07) is 16.6. The monoisotopic (exact) mass is 540 g/mol. The number of amides is 1. The van der Waals surface area contributed by atoms with E-state index in [1.165, 1.54) is 0 Å². The van der Waals surface area contributed by atoms with Gasteiger partial charge in [-0.2, -0.15) is 0 Å². The Balaban J connectivity index is 1.96. The molecule has 9 heteroatoms. The van der Waals surface area contributed by atoms with Gasteiger partial charge in [-0.15, -0.1) is 0 Å². The first-order valence-electron chi connectivity index (χ1n) is 13.3. The van der Waals surface area contributed by atoms with Crippen LogP contribution in [0.25, 0.3) is 0 Å². The Morgan fingerprint density at radius 1 is 1.05 bits per heavy atom. The summed E-state index contributed by atoms with van der Waals surface area (Å²) < 4.78 is 22.7. The number of methoxy groups -OCH3 is 1. The SMILES string of the molecule is COCCCNC(=O)[C@@]1(CCC(=O)OC(C)(C)C)N=C(c2ccc(OCCCO)cc2)O[C@H]1c1ccccc1. The Morgan fingerprint density at radius 3 is 2.41 bits per heavy atom. The number of aliphatic hydroxyl groups excluding tert-OH is 1. The van der Waals surface area contributed by atoms with Crippen molar-refractivity contribution in [1.29, 1.82) is 0 Å². The van der Waals surface area contributed by atoms with Gasteiger partial charge < -0.3 is 29.4 Å². The average Bonchev–Trinajstić information content (AvgIpc) is 3.31. The van der Waals surface area contributed by atoms with Gasteiger partial charge in [0, 0.05) is 45.3 Å². The molecule has 2 aromatic carbocycles. The van der Waals surface area contributed by atoms with Crippen molar-refractivity contribution in [2.75, 3.05) is 33.5 Å². The maximum absolute atomic E-state index is 13.9. The molecule has 0 saturated carbocycles. The smallest absolute Gasteiger partial charge is 0.306 e.